The minimum atomic E-state index is -0.697. The van der Waals surface area contributed by atoms with Crippen molar-refractivity contribution in [3.63, 3.8) is 0 Å². The lowest BCUT2D eigenvalue weighted by molar-refractivity contribution is -0.142. The molecule has 4 heteroatoms. The first-order valence-electron chi connectivity index (χ1n) is 5.21. The standard InChI is InChI=1S/C10H20N2O2/c1-7(2)12-5-8(3)11-4-9(6-12)10(13)14/h7-9,11H,4-6H2,1-3H3,(H,13,14). The lowest BCUT2D eigenvalue weighted by Crippen LogP contribution is -2.39. The number of aliphatic carboxylic acids is 1. The van der Waals surface area contributed by atoms with E-state index in [2.05, 4.69) is 31.0 Å². The minimum absolute atomic E-state index is 0.276. The van der Waals surface area contributed by atoms with E-state index in [9.17, 15) is 4.79 Å². The first kappa shape index (κ1) is 11.5. The van der Waals surface area contributed by atoms with Crippen LogP contribution in [0.25, 0.3) is 0 Å². The fourth-order valence-corrected chi connectivity index (χ4v) is 1.77. The average molecular weight is 200 g/mol. The molecule has 0 bridgehead atoms. The molecule has 0 aliphatic carbocycles. The molecule has 1 aliphatic rings. The Hall–Kier alpha value is -0.610. The van der Waals surface area contributed by atoms with Crippen LogP contribution in [0.1, 0.15) is 20.8 Å². The van der Waals surface area contributed by atoms with Gasteiger partial charge in [-0.15, -0.1) is 0 Å². The predicted octanol–water partition coefficient (Wildman–Crippen LogP) is 0.389. The second-order valence-electron chi connectivity index (χ2n) is 4.39. The maximum atomic E-state index is 10.9. The van der Waals surface area contributed by atoms with Crippen molar-refractivity contribution in [2.24, 2.45) is 5.92 Å². The van der Waals surface area contributed by atoms with E-state index in [1.54, 1.807) is 0 Å². The highest BCUT2D eigenvalue weighted by molar-refractivity contribution is 5.70. The highest BCUT2D eigenvalue weighted by Gasteiger charge is 2.27. The van der Waals surface area contributed by atoms with Crippen LogP contribution in [0.2, 0.25) is 0 Å². The second kappa shape index (κ2) is 4.75. The van der Waals surface area contributed by atoms with Crippen molar-refractivity contribution < 1.29 is 9.90 Å². The summed E-state index contributed by atoms with van der Waals surface area (Å²) in [6, 6.07) is 0.793. The van der Waals surface area contributed by atoms with Crippen molar-refractivity contribution in [2.75, 3.05) is 19.6 Å². The molecule has 4 nitrogen and oxygen atoms in total. The summed E-state index contributed by atoms with van der Waals surface area (Å²) in [4.78, 5) is 13.1. The number of carboxylic acid groups (broad SMARTS) is 1. The molecule has 0 spiro atoms. The van der Waals surface area contributed by atoms with Gasteiger partial charge in [-0.05, 0) is 20.8 Å². The molecular weight excluding hydrogens is 180 g/mol. The van der Waals surface area contributed by atoms with Crippen LogP contribution in [0, 0.1) is 5.92 Å². The quantitative estimate of drug-likeness (QED) is 0.677. The Morgan fingerprint density at radius 1 is 1.50 bits per heavy atom. The van der Waals surface area contributed by atoms with E-state index < -0.39 is 5.97 Å². The largest absolute Gasteiger partial charge is 0.481 e. The van der Waals surface area contributed by atoms with E-state index in [0.29, 0.717) is 25.2 Å². The molecule has 2 N–H and O–H groups in total. The number of nitrogens with zero attached hydrogens (tertiary/aromatic N) is 1. The van der Waals surface area contributed by atoms with Gasteiger partial charge >= 0.3 is 5.97 Å². The number of rotatable bonds is 2. The molecule has 1 rings (SSSR count). The van der Waals surface area contributed by atoms with Crippen LogP contribution in [-0.4, -0.2) is 47.7 Å². The Kier molecular flexibility index (Phi) is 3.89. The Morgan fingerprint density at radius 2 is 2.14 bits per heavy atom. The van der Waals surface area contributed by atoms with Crippen molar-refractivity contribution in [1.29, 1.82) is 0 Å². The summed E-state index contributed by atoms with van der Waals surface area (Å²) in [5.74, 6) is -0.973. The summed E-state index contributed by atoms with van der Waals surface area (Å²) in [7, 11) is 0. The Morgan fingerprint density at radius 3 is 2.64 bits per heavy atom. The van der Waals surface area contributed by atoms with Gasteiger partial charge in [0.2, 0.25) is 0 Å². The third-order valence-corrected chi connectivity index (χ3v) is 2.76. The molecule has 0 aromatic carbocycles. The van der Waals surface area contributed by atoms with Gasteiger partial charge in [0.15, 0.2) is 0 Å². The molecule has 1 aliphatic heterocycles. The molecular formula is C10H20N2O2. The normalized spacial score (nSPS) is 30.3. The highest BCUT2D eigenvalue weighted by Crippen LogP contribution is 2.10. The maximum Gasteiger partial charge on any atom is 0.309 e. The maximum absolute atomic E-state index is 10.9. The van der Waals surface area contributed by atoms with Crippen molar-refractivity contribution in [1.82, 2.24) is 10.2 Å². The summed E-state index contributed by atoms with van der Waals surface area (Å²) in [5, 5.41) is 12.2. The van der Waals surface area contributed by atoms with Crippen molar-refractivity contribution in [3.05, 3.63) is 0 Å². The van der Waals surface area contributed by atoms with Gasteiger partial charge in [0.1, 0.15) is 0 Å². The van der Waals surface area contributed by atoms with E-state index in [1.165, 1.54) is 0 Å². The summed E-state index contributed by atoms with van der Waals surface area (Å²) < 4.78 is 0. The molecule has 1 heterocycles. The molecule has 0 radical (unpaired) electrons. The fraction of sp³-hybridized carbons (Fsp3) is 0.900. The average Bonchev–Trinajstić information content (AvgIpc) is 2.26. The first-order valence-corrected chi connectivity index (χ1v) is 5.21. The lowest BCUT2D eigenvalue weighted by Gasteiger charge is -2.27. The number of carboxylic acids is 1. The fourth-order valence-electron chi connectivity index (χ4n) is 1.77. The van der Waals surface area contributed by atoms with Crippen molar-refractivity contribution in [2.45, 2.75) is 32.9 Å². The molecule has 2 atom stereocenters. The summed E-state index contributed by atoms with van der Waals surface area (Å²) in [6.07, 6.45) is 0. The van der Waals surface area contributed by atoms with Crippen LogP contribution >= 0.6 is 0 Å². The third-order valence-electron chi connectivity index (χ3n) is 2.76. The smallest absolute Gasteiger partial charge is 0.309 e. The first-order chi connectivity index (χ1) is 6.50. The zero-order valence-corrected chi connectivity index (χ0v) is 9.16. The Balaban J connectivity index is 2.63. The van der Waals surface area contributed by atoms with Crippen LogP contribution in [-0.2, 0) is 4.79 Å². The Bertz CT molecular complexity index is 206. The van der Waals surface area contributed by atoms with E-state index in [1.807, 2.05) is 0 Å². The van der Waals surface area contributed by atoms with Gasteiger partial charge in [-0.25, -0.2) is 0 Å². The summed E-state index contributed by atoms with van der Waals surface area (Å²) in [5.41, 5.74) is 0. The van der Waals surface area contributed by atoms with Crippen LogP contribution in [0.3, 0.4) is 0 Å². The number of hydrogen-bond acceptors (Lipinski definition) is 3. The third kappa shape index (κ3) is 2.96. The highest BCUT2D eigenvalue weighted by atomic mass is 16.4. The van der Waals surface area contributed by atoms with Crippen LogP contribution in [0.5, 0.6) is 0 Å². The van der Waals surface area contributed by atoms with E-state index in [0.717, 1.165) is 6.54 Å². The monoisotopic (exact) mass is 200 g/mol. The molecule has 14 heavy (non-hydrogen) atoms. The lowest BCUT2D eigenvalue weighted by atomic mass is 10.1. The van der Waals surface area contributed by atoms with Crippen molar-refractivity contribution >= 4 is 5.97 Å². The van der Waals surface area contributed by atoms with Gasteiger partial charge in [-0.2, -0.15) is 0 Å². The minimum Gasteiger partial charge on any atom is -0.481 e. The number of nitrogens with one attached hydrogen (secondary N) is 1. The van der Waals surface area contributed by atoms with Gasteiger partial charge < -0.3 is 10.4 Å². The van der Waals surface area contributed by atoms with Gasteiger partial charge in [0.25, 0.3) is 0 Å². The van der Waals surface area contributed by atoms with E-state index >= 15 is 0 Å². The molecule has 0 amide bonds. The van der Waals surface area contributed by atoms with E-state index in [4.69, 9.17) is 5.11 Å². The molecule has 2 unspecified atom stereocenters. The summed E-state index contributed by atoms with van der Waals surface area (Å²) >= 11 is 0. The van der Waals surface area contributed by atoms with Gasteiger partial charge in [-0.1, -0.05) is 0 Å². The van der Waals surface area contributed by atoms with Crippen molar-refractivity contribution in [3.8, 4) is 0 Å². The molecule has 0 aromatic heterocycles. The van der Waals surface area contributed by atoms with Gasteiger partial charge in [0.05, 0.1) is 5.92 Å². The SMILES string of the molecule is CC1CN(C(C)C)CC(C(=O)O)CN1. The predicted molar refractivity (Wildman–Crippen MR) is 55.3 cm³/mol. The summed E-state index contributed by atoms with van der Waals surface area (Å²) in [6.45, 7) is 8.49. The molecule has 82 valence electrons. The van der Waals surface area contributed by atoms with Crippen LogP contribution in [0.4, 0.5) is 0 Å². The van der Waals surface area contributed by atoms with Crippen LogP contribution < -0.4 is 5.32 Å². The van der Waals surface area contributed by atoms with Gasteiger partial charge in [-0.3, -0.25) is 9.69 Å². The second-order valence-corrected chi connectivity index (χ2v) is 4.39. The zero-order chi connectivity index (χ0) is 10.7. The molecule has 1 saturated heterocycles. The zero-order valence-electron chi connectivity index (χ0n) is 9.16. The molecule has 0 aromatic rings. The van der Waals surface area contributed by atoms with Gasteiger partial charge in [0, 0.05) is 31.7 Å². The Labute approximate surface area is 85.3 Å². The van der Waals surface area contributed by atoms with Crippen LogP contribution in [0.15, 0.2) is 0 Å². The number of hydrogen-bond donors (Lipinski definition) is 2. The molecule has 1 fully saturated rings. The molecule has 0 saturated carbocycles. The number of carbonyl (C=O) groups is 1. The topological polar surface area (TPSA) is 52.6 Å². The van der Waals surface area contributed by atoms with E-state index in [-0.39, 0.29) is 5.92 Å².